The Bertz CT molecular complexity index is 265. The van der Waals surface area contributed by atoms with Crippen LogP contribution in [0.25, 0.3) is 0 Å². The molecule has 72 valence electrons. The number of carbonyl (C=O) groups excluding carboxylic acids is 3. The van der Waals surface area contributed by atoms with Crippen LogP contribution >= 0.6 is 0 Å². The van der Waals surface area contributed by atoms with Crippen LogP contribution in [0.2, 0.25) is 0 Å². The number of rotatable bonds is 2. The summed E-state index contributed by atoms with van der Waals surface area (Å²) in [6.07, 6.45) is -1.51. The van der Waals surface area contributed by atoms with Crippen molar-refractivity contribution < 1.29 is 19.5 Å². The first-order valence-corrected chi connectivity index (χ1v) is 3.57. The van der Waals surface area contributed by atoms with Crippen molar-refractivity contribution in [3.8, 4) is 0 Å². The molecule has 7 nitrogen and oxygen atoms in total. The number of imide groups is 1. The van der Waals surface area contributed by atoms with E-state index in [2.05, 4.69) is 0 Å². The first-order valence-electron chi connectivity index (χ1n) is 3.57. The molecule has 4 amide bonds. The summed E-state index contributed by atoms with van der Waals surface area (Å²) < 4.78 is 0. The normalized spacial score (nSPS) is 22.8. The Labute approximate surface area is 73.5 Å². The van der Waals surface area contributed by atoms with Gasteiger partial charge in [-0.25, -0.2) is 4.79 Å². The van der Waals surface area contributed by atoms with E-state index in [1.165, 1.54) is 0 Å². The minimum absolute atomic E-state index is 0.237. The average molecular weight is 187 g/mol. The van der Waals surface area contributed by atoms with Crippen molar-refractivity contribution in [3.05, 3.63) is 0 Å². The van der Waals surface area contributed by atoms with Crippen LogP contribution in [0.3, 0.4) is 0 Å². The molecule has 1 atom stereocenters. The van der Waals surface area contributed by atoms with E-state index in [0.29, 0.717) is 0 Å². The summed E-state index contributed by atoms with van der Waals surface area (Å²) >= 11 is 0. The zero-order valence-electron chi connectivity index (χ0n) is 6.69. The van der Waals surface area contributed by atoms with E-state index in [1.54, 1.807) is 0 Å². The lowest BCUT2D eigenvalue weighted by atomic mass is 10.2. The highest BCUT2D eigenvalue weighted by atomic mass is 16.3. The number of nitrogens with zero attached hydrogens (tertiary/aromatic N) is 1. The summed E-state index contributed by atoms with van der Waals surface area (Å²) in [5.74, 6) is -1.32. The summed E-state index contributed by atoms with van der Waals surface area (Å²) in [5, 5.41) is 11.1. The van der Waals surface area contributed by atoms with Crippen LogP contribution in [0.1, 0.15) is 6.42 Å². The lowest BCUT2D eigenvalue weighted by Gasteiger charge is -2.30. The van der Waals surface area contributed by atoms with Crippen molar-refractivity contribution in [3.63, 3.8) is 0 Å². The SMILES string of the molecule is NC(=O)CN1C(=O)NC(=O)CC1O. The summed E-state index contributed by atoms with van der Waals surface area (Å²) in [5.41, 5.74) is 4.83. The summed E-state index contributed by atoms with van der Waals surface area (Å²) in [6, 6.07) is -0.803. The maximum Gasteiger partial charge on any atom is 0.326 e. The Morgan fingerprint density at radius 1 is 1.69 bits per heavy atom. The van der Waals surface area contributed by atoms with Crippen LogP contribution in [-0.2, 0) is 9.59 Å². The fraction of sp³-hybridized carbons (Fsp3) is 0.500. The molecular formula is C6H9N3O4. The van der Waals surface area contributed by atoms with E-state index in [4.69, 9.17) is 5.73 Å². The standard InChI is InChI=1S/C6H9N3O4/c7-3(10)2-9-5(12)1-4(11)8-6(9)13/h5,12H,1-2H2,(H2,7,10)(H,8,11,13). The first kappa shape index (κ1) is 9.46. The highest BCUT2D eigenvalue weighted by molar-refractivity contribution is 5.98. The highest BCUT2D eigenvalue weighted by Gasteiger charge is 2.31. The third-order valence-electron chi connectivity index (χ3n) is 1.56. The molecule has 1 fully saturated rings. The topological polar surface area (TPSA) is 113 Å². The summed E-state index contributed by atoms with van der Waals surface area (Å²) in [4.78, 5) is 32.9. The van der Waals surface area contributed by atoms with Gasteiger partial charge in [0.15, 0.2) is 0 Å². The third kappa shape index (κ3) is 2.15. The highest BCUT2D eigenvalue weighted by Crippen LogP contribution is 2.06. The van der Waals surface area contributed by atoms with E-state index < -0.39 is 30.6 Å². The predicted octanol–water partition coefficient (Wildman–Crippen LogP) is -2.27. The van der Waals surface area contributed by atoms with E-state index in [9.17, 15) is 19.5 Å². The molecule has 4 N–H and O–H groups in total. The van der Waals surface area contributed by atoms with Crippen LogP contribution in [0.5, 0.6) is 0 Å². The smallest absolute Gasteiger partial charge is 0.326 e. The number of aliphatic hydroxyl groups is 1. The Hall–Kier alpha value is -1.63. The average Bonchev–Trinajstić information content (AvgIpc) is 1.96. The first-order chi connectivity index (χ1) is 6.00. The molecule has 0 bridgehead atoms. The Morgan fingerprint density at radius 2 is 2.31 bits per heavy atom. The van der Waals surface area contributed by atoms with Crippen LogP contribution in [0, 0.1) is 0 Å². The third-order valence-corrected chi connectivity index (χ3v) is 1.56. The maximum absolute atomic E-state index is 11.0. The second-order valence-electron chi connectivity index (χ2n) is 2.63. The Kier molecular flexibility index (Phi) is 2.47. The number of primary amides is 1. The molecular weight excluding hydrogens is 178 g/mol. The molecule has 0 aromatic heterocycles. The number of hydrogen-bond acceptors (Lipinski definition) is 4. The summed E-state index contributed by atoms with van der Waals surface area (Å²) in [7, 11) is 0. The van der Waals surface area contributed by atoms with Crippen molar-refractivity contribution in [2.75, 3.05) is 6.54 Å². The van der Waals surface area contributed by atoms with Crippen molar-refractivity contribution in [2.45, 2.75) is 12.6 Å². The van der Waals surface area contributed by atoms with Crippen molar-refractivity contribution >= 4 is 17.8 Å². The number of aliphatic hydroxyl groups excluding tert-OH is 1. The fourth-order valence-electron chi connectivity index (χ4n) is 0.999. The molecule has 1 unspecified atom stereocenters. The van der Waals surface area contributed by atoms with E-state index in [0.717, 1.165) is 4.90 Å². The van der Waals surface area contributed by atoms with Gasteiger partial charge in [0.05, 0.1) is 6.42 Å². The Balaban J connectivity index is 2.67. The molecule has 1 rings (SSSR count). The zero-order chi connectivity index (χ0) is 10.0. The number of carbonyl (C=O) groups is 3. The molecule has 7 heteroatoms. The minimum Gasteiger partial charge on any atom is -0.373 e. The van der Waals surface area contributed by atoms with Gasteiger partial charge in [0, 0.05) is 0 Å². The lowest BCUT2D eigenvalue weighted by molar-refractivity contribution is -0.131. The monoisotopic (exact) mass is 187 g/mol. The number of nitrogens with one attached hydrogen (secondary N) is 1. The molecule has 1 saturated heterocycles. The number of amides is 4. The largest absolute Gasteiger partial charge is 0.373 e. The molecule has 1 aliphatic heterocycles. The second-order valence-corrected chi connectivity index (χ2v) is 2.63. The van der Waals surface area contributed by atoms with E-state index in [1.807, 2.05) is 5.32 Å². The van der Waals surface area contributed by atoms with Crippen LogP contribution in [0.4, 0.5) is 4.79 Å². The molecule has 1 heterocycles. The maximum atomic E-state index is 11.0. The van der Waals surface area contributed by atoms with E-state index >= 15 is 0 Å². The predicted molar refractivity (Wildman–Crippen MR) is 40.1 cm³/mol. The molecule has 13 heavy (non-hydrogen) atoms. The van der Waals surface area contributed by atoms with Crippen molar-refractivity contribution in [1.29, 1.82) is 0 Å². The van der Waals surface area contributed by atoms with Gasteiger partial charge in [-0.15, -0.1) is 0 Å². The van der Waals surface area contributed by atoms with Gasteiger partial charge in [0.1, 0.15) is 12.8 Å². The molecule has 0 aliphatic carbocycles. The molecule has 0 aromatic carbocycles. The van der Waals surface area contributed by atoms with Gasteiger partial charge in [-0.1, -0.05) is 0 Å². The van der Waals surface area contributed by atoms with Gasteiger partial charge in [0.25, 0.3) is 0 Å². The number of urea groups is 1. The van der Waals surface area contributed by atoms with Gasteiger partial charge in [0.2, 0.25) is 11.8 Å². The fourth-order valence-corrected chi connectivity index (χ4v) is 0.999. The van der Waals surface area contributed by atoms with Gasteiger partial charge >= 0.3 is 6.03 Å². The molecule has 0 aromatic rings. The van der Waals surface area contributed by atoms with Gasteiger partial charge < -0.3 is 10.8 Å². The van der Waals surface area contributed by atoms with Crippen molar-refractivity contribution in [1.82, 2.24) is 10.2 Å². The van der Waals surface area contributed by atoms with Crippen LogP contribution in [-0.4, -0.2) is 40.6 Å². The quantitative estimate of drug-likeness (QED) is 0.452. The zero-order valence-corrected chi connectivity index (χ0v) is 6.69. The van der Waals surface area contributed by atoms with E-state index in [-0.39, 0.29) is 6.42 Å². The second kappa shape index (κ2) is 3.40. The lowest BCUT2D eigenvalue weighted by Crippen LogP contribution is -2.56. The molecule has 0 saturated carbocycles. The molecule has 0 spiro atoms. The molecule has 1 aliphatic rings. The van der Waals surface area contributed by atoms with Gasteiger partial charge in [-0.05, 0) is 0 Å². The molecule has 0 radical (unpaired) electrons. The van der Waals surface area contributed by atoms with Gasteiger partial charge in [-0.3, -0.25) is 19.8 Å². The van der Waals surface area contributed by atoms with Crippen LogP contribution < -0.4 is 11.1 Å². The van der Waals surface area contributed by atoms with Gasteiger partial charge in [-0.2, -0.15) is 0 Å². The van der Waals surface area contributed by atoms with Crippen LogP contribution in [0.15, 0.2) is 0 Å². The number of hydrogen-bond donors (Lipinski definition) is 3. The summed E-state index contributed by atoms with van der Waals surface area (Å²) in [6.45, 7) is -0.402. The van der Waals surface area contributed by atoms with Crippen molar-refractivity contribution in [2.24, 2.45) is 5.73 Å². The Morgan fingerprint density at radius 3 is 2.77 bits per heavy atom. The minimum atomic E-state index is -1.27. The number of nitrogens with two attached hydrogens (primary N) is 1.